The van der Waals surface area contributed by atoms with Crippen molar-refractivity contribution in [2.75, 3.05) is 39.9 Å². The van der Waals surface area contributed by atoms with Crippen LogP contribution >= 0.6 is 0 Å². The number of hydrogen-bond acceptors (Lipinski definition) is 3. The summed E-state index contributed by atoms with van der Waals surface area (Å²) in [7, 11) is 2.30. The molecule has 118 valence electrons. The molecule has 3 nitrogen and oxygen atoms in total. The highest BCUT2D eigenvalue weighted by Gasteiger charge is 2.35. The zero-order valence-electron chi connectivity index (χ0n) is 14.0. The molecule has 0 aromatic heterocycles. The highest BCUT2D eigenvalue weighted by atomic mass is 16.5. The smallest absolute Gasteiger partial charge is 0.0546 e. The number of nitrogens with one attached hydrogen (secondary N) is 1. The molecule has 0 aromatic rings. The first-order valence-electron chi connectivity index (χ1n) is 8.40. The van der Waals surface area contributed by atoms with E-state index in [0.29, 0.717) is 5.41 Å². The summed E-state index contributed by atoms with van der Waals surface area (Å²) in [5.41, 5.74) is 0.501. The lowest BCUT2D eigenvalue weighted by atomic mass is 9.80. The van der Waals surface area contributed by atoms with Gasteiger partial charge in [-0.3, -0.25) is 0 Å². The van der Waals surface area contributed by atoms with E-state index in [1.807, 2.05) is 0 Å². The molecule has 1 N–H and O–H groups in total. The highest BCUT2D eigenvalue weighted by molar-refractivity contribution is 4.89. The molecular formula is C17H34N2O. The molecule has 1 aliphatic heterocycles. The second kappa shape index (κ2) is 6.76. The van der Waals surface area contributed by atoms with E-state index in [0.717, 1.165) is 25.7 Å². The Labute approximate surface area is 125 Å². The van der Waals surface area contributed by atoms with Gasteiger partial charge in [-0.05, 0) is 59.4 Å². The molecule has 1 saturated heterocycles. The van der Waals surface area contributed by atoms with Crippen LogP contribution in [0.5, 0.6) is 0 Å². The molecule has 1 saturated carbocycles. The summed E-state index contributed by atoms with van der Waals surface area (Å²) in [5, 5.41) is 3.71. The Hall–Kier alpha value is -0.120. The molecule has 0 aromatic carbocycles. The van der Waals surface area contributed by atoms with Crippen LogP contribution in [0.2, 0.25) is 0 Å². The van der Waals surface area contributed by atoms with Crippen molar-refractivity contribution >= 4 is 0 Å². The zero-order chi connectivity index (χ0) is 14.6. The average molecular weight is 282 g/mol. The van der Waals surface area contributed by atoms with Gasteiger partial charge < -0.3 is 15.0 Å². The molecule has 2 fully saturated rings. The second-order valence-electron chi connectivity index (χ2n) is 8.25. The molecule has 0 amide bonds. The summed E-state index contributed by atoms with van der Waals surface area (Å²) in [6.45, 7) is 12.2. The van der Waals surface area contributed by atoms with Crippen LogP contribution in [0.3, 0.4) is 0 Å². The quantitative estimate of drug-likeness (QED) is 0.811. The van der Waals surface area contributed by atoms with Gasteiger partial charge in [0.15, 0.2) is 0 Å². The summed E-state index contributed by atoms with van der Waals surface area (Å²) in [4.78, 5) is 2.56. The van der Waals surface area contributed by atoms with Crippen molar-refractivity contribution in [2.24, 2.45) is 11.3 Å². The van der Waals surface area contributed by atoms with E-state index in [1.54, 1.807) is 0 Å². The van der Waals surface area contributed by atoms with E-state index in [4.69, 9.17) is 4.74 Å². The van der Waals surface area contributed by atoms with E-state index in [-0.39, 0.29) is 5.54 Å². The molecule has 0 radical (unpaired) electrons. The summed E-state index contributed by atoms with van der Waals surface area (Å²) < 4.78 is 5.83. The topological polar surface area (TPSA) is 24.5 Å². The Morgan fingerprint density at radius 2 is 2.00 bits per heavy atom. The molecule has 2 aliphatic rings. The van der Waals surface area contributed by atoms with Gasteiger partial charge in [0.1, 0.15) is 0 Å². The van der Waals surface area contributed by atoms with Crippen molar-refractivity contribution in [3.8, 4) is 0 Å². The maximum absolute atomic E-state index is 5.83. The molecule has 2 rings (SSSR count). The van der Waals surface area contributed by atoms with E-state index < -0.39 is 0 Å². The van der Waals surface area contributed by atoms with E-state index in [2.05, 4.69) is 38.0 Å². The number of ether oxygens (including phenoxy) is 1. The molecule has 20 heavy (non-hydrogen) atoms. The van der Waals surface area contributed by atoms with E-state index in [1.165, 1.54) is 45.2 Å². The Morgan fingerprint density at radius 1 is 1.25 bits per heavy atom. The van der Waals surface area contributed by atoms with Gasteiger partial charge in [0.2, 0.25) is 0 Å². The maximum atomic E-state index is 5.83. The van der Waals surface area contributed by atoms with Crippen molar-refractivity contribution in [2.45, 2.75) is 58.4 Å². The molecule has 3 heteroatoms. The van der Waals surface area contributed by atoms with Crippen molar-refractivity contribution < 1.29 is 4.74 Å². The lowest BCUT2D eigenvalue weighted by Crippen LogP contribution is -2.52. The van der Waals surface area contributed by atoms with Crippen LogP contribution < -0.4 is 5.32 Å². The Kier molecular flexibility index (Phi) is 5.49. The van der Waals surface area contributed by atoms with E-state index >= 15 is 0 Å². The minimum Gasteiger partial charge on any atom is -0.381 e. The summed E-state index contributed by atoms with van der Waals surface area (Å²) in [6.07, 6.45) is 6.83. The maximum Gasteiger partial charge on any atom is 0.0546 e. The fourth-order valence-electron chi connectivity index (χ4n) is 3.44. The first-order valence-corrected chi connectivity index (χ1v) is 8.40. The predicted octanol–water partition coefficient (Wildman–Crippen LogP) is 2.90. The average Bonchev–Trinajstić information content (AvgIpc) is 2.32. The monoisotopic (exact) mass is 282 g/mol. The van der Waals surface area contributed by atoms with Crippen LogP contribution in [-0.2, 0) is 4.74 Å². The summed E-state index contributed by atoms with van der Waals surface area (Å²) in [5.74, 6) is 0.956. The van der Waals surface area contributed by atoms with Crippen LogP contribution in [0.1, 0.15) is 52.9 Å². The standard InChI is InChI=1S/C17H34N2O/c1-16(2,3)18-12-17(9-6-10-20-14-17)13-19(4)11-15-7-5-8-15/h15,18H,5-14H2,1-4H3. The number of rotatable bonds is 6. The third-order valence-corrected chi connectivity index (χ3v) is 4.80. The van der Waals surface area contributed by atoms with Crippen molar-refractivity contribution in [3.63, 3.8) is 0 Å². The fourth-order valence-corrected chi connectivity index (χ4v) is 3.44. The number of nitrogens with zero attached hydrogens (tertiary/aromatic N) is 1. The van der Waals surface area contributed by atoms with Crippen LogP contribution in [0, 0.1) is 11.3 Å². The molecule has 0 bridgehead atoms. The summed E-state index contributed by atoms with van der Waals surface area (Å²) in [6, 6.07) is 0. The Bertz CT molecular complexity index is 288. The highest BCUT2D eigenvalue weighted by Crippen LogP contribution is 2.32. The van der Waals surface area contributed by atoms with Gasteiger partial charge in [0.05, 0.1) is 6.61 Å². The van der Waals surface area contributed by atoms with Gasteiger partial charge in [-0.2, -0.15) is 0 Å². The largest absolute Gasteiger partial charge is 0.381 e. The van der Waals surface area contributed by atoms with Crippen LogP contribution in [0.25, 0.3) is 0 Å². The van der Waals surface area contributed by atoms with Gasteiger partial charge in [-0.15, -0.1) is 0 Å². The molecule has 1 unspecified atom stereocenters. The Morgan fingerprint density at radius 3 is 2.50 bits per heavy atom. The van der Waals surface area contributed by atoms with Gasteiger partial charge in [-0.25, -0.2) is 0 Å². The van der Waals surface area contributed by atoms with Crippen molar-refractivity contribution in [1.82, 2.24) is 10.2 Å². The second-order valence-corrected chi connectivity index (χ2v) is 8.25. The molecule has 1 heterocycles. The summed E-state index contributed by atoms with van der Waals surface area (Å²) >= 11 is 0. The van der Waals surface area contributed by atoms with Gasteiger partial charge >= 0.3 is 0 Å². The zero-order valence-corrected chi connectivity index (χ0v) is 14.0. The molecule has 1 aliphatic carbocycles. The first-order chi connectivity index (χ1) is 9.39. The van der Waals surface area contributed by atoms with Crippen LogP contribution in [-0.4, -0.2) is 50.3 Å². The van der Waals surface area contributed by atoms with Gasteiger partial charge in [-0.1, -0.05) is 6.42 Å². The number of hydrogen-bond donors (Lipinski definition) is 1. The van der Waals surface area contributed by atoms with Crippen LogP contribution in [0.15, 0.2) is 0 Å². The first kappa shape index (κ1) is 16.3. The third kappa shape index (κ3) is 5.01. The van der Waals surface area contributed by atoms with Gasteiger partial charge in [0, 0.05) is 37.2 Å². The van der Waals surface area contributed by atoms with Crippen molar-refractivity contribution in [1.29, 1.82) is 0 Å². The Balaban J connectivity index is 1.87. The SMILES string of the molecule is CN(CC1CCC1)CC1(CNC(C)(C)C)CCCOC1. The predicted molar refractivity (Wildman–Crippen MR) is 85.1 cm³/mol. The third-order valence-electron chi connectivity index (χ3n) is 4.80. The minimum atomic E-state index is 0.191. The van der Waals surface area contributed by atoms with Crippen LogP contribution in [0.4, 0.5) is 0 Å². The minimum absolute atomic E-state index is 0.191. The lowest BCUT2D eigenvalue weighted by molar-refractivity contribution is -0.0283. The normalized spacial score (nSPS) is 28.6. The molecular weight excluding hydrogens is 248 g/mol. The van der Waals surface area contributed by atoms with Crippen molar-refractivity contribution in [3.05, 3.63) is 0 Å². The van der Waals surface area contributed by atoms with Gasteiger partial charge in [0.25, 0.3) is 0 Å². The molecule has 0 spiro atoms. The lowest BCUT2D eigenvalue weighted by Gasteiger charge is -2.43. The molecule has 1 atom stereocenters. The van der Waals surface area contributed by atoms with E-state index in [9.17, 15) is 0 Å². The fraction of sp³-hybridized carbons (Fsp3) is 1.00.